The number of thiocarbonyl (C=S) groups is 1. The second-order valence-electron chi connectivity index (χ2n) is 5.43. The first-order valence-corrected chi connectivity index (χ1v) is 8.90. The predicted octanol–water partition coefficient (Wildman–Crippen LogP) is 2.82. The zero-order valence-electron chi connectivity index (χ0n) is 13.5. The highest BCUT2D eigenvalue weighted by molar-refractivity contribution is 7.80. The number of nitrogens with one attached hydrogen (secondary N) is 3. The number of benzene rings is 2. The van der Waals surface area contributed by atoms with Crippen LogP contribution in [0.2, 0.25) is 0 Å². The van der Waals surface area contributed by atoms with Crippen molar-refractivity contribution < 1.29 is 14.8 Å². The maximum atomic E-state index is 12.0. The molecule has 1 heterocycles. The number of rotatable bonds is 4. The zero-order valence-corrected chi connectivity index (χ0v) is 15.1. The van der Waals surface area contributed by atoms with Gasteiger partial charge in [0, 0.05) is 16.8 Å². The summed E-state index contributed by atoms with van der Waals surface area (Å²) >= 11 is 6.45. The van der Waals surface area contributed by atoms with Gasteiger partial charge in [0.25, 0.3) is 11.8 Å². The average molecular weight is 385 g/mol. The minimum absolute atomic E-state index is 0.240. The molecule has 0 saturated heterocycles. The fraction of sp³-hybridized carbons (Fsp3) is 0.0556. The Bertz CT molecular complexity index is 970. The number of amides is 2. The Balaban J connectivity index is 1.61. The normalized spacial score (nSPS) is 10.3. The molecule has 4 N–H and O–H groups in total. The summed E-state index contributed by atoms with van der Waals surface area (Å²) in [6.07, 6.45) is 0. The summed E-state index contributed by atoms with van der Waals surface area (Å²) in [6, 6.07) is 16.3. The molecule has 0 bridgehead atoms. The van der Waals surface area contributed by atoms with Crippen LogP contribution in [-0.4, -0.2) is 22.1 Å². The van der Waals surface area contributed by atoms with E-state index in [9.17, 15) is 9.59 Å². The van der Waals surface area contributed by atoms with E-state index in [0.717, 1.165) is 15.6 Å². The lowest BCUT2D eigenvalue weighted by molar-refractivity contribution is 0.0711. The molecule has 2 amide bonds. The van der Waals surface area contributed by atoms with Gasteiger partial charge in [-0.15, -0.1) is 11.3 Å². The number of thiophene rings is 1. The standard InChI is InChI=1S/C18H15N3O3S2/c22-16(12-4-2-1-3-5-12)20-18(25)19-10-11-6-7-14-13(8-11)9-15(26-14)17(23)21-24/h1-9,24H,10H2,(H,21,23)(H2,19,20,22,25). The minimum atomic E-state index is -0.532. The van der Waals surface area contributed by atoms with E-state index in [0.29, 0.717) is 17.0 Å². The molecule has 0 spiro atoms. The summed E-state index contributed by atoms with van der Waals surface area (Å²) in [7, 11) is 0. The van der Waals surface area contributed by atoms with Gasteiger partial charge in [-0.05, 0) is 53.5 Å². The third-order valence-electron chi connectivity index (χ3n) is 3.62. The second-order valence-corrected chi connectivity index (χ2v) is 6.92. The van der Waals surface area contributed by atoms with Crippen molar-refractivity contribution in [2.45, 2.75) is 6.54 Å². The minimum Gasteiger partial charge on any atom is -0.358 e. The molecule has 132 valence electrons. The lowest BCUT2D eigenvalue weighted by Crippen LogP contribution is -2.38. The Morgan fingerprint density at radius 1 is 1.04 bits per heavy atom. The van der Waals surface area contributed by atoms with E-state index in [1.54, 1.807) is 35.8 Å². The molecule has 2 aromatic carbocycles. The number of carbonyl (C=O) groups is 2. The van der Waals surface area contributed by atoms with Gasteiger partial charge in [0.2, 0.25) is 0 Å². The Hall–Kier alpha value is -2.81. The van der Waals surface area contributed by atoms with Crippen LogP contribution in [0.15, 0.2) is 54.6 Å². The number of hydrogen-bond acceptors (Lipinski definition) is 5. The van der Waals surface area contributed by atoms with Gasteiger partial charge in [-0.1, -0.05) is 24.3 Å². The molecule has 3 rings (SSSR count). The lowest BCUT2D eigenvalue weighted by Gasteiger charge is -2.09. The van der Waals surface area contributed by atoms with Crippen molar-refractivity contribution in [1.82, 2.24) is 16.1 Å². The van der Waals surface area contributed by atoms with Gasteiger partial charge in [0.1, 0.15) is 0 Å². The van der Waals surface area contributed by atoms with Crippen molar-refractivity contribution in [3.8, 4) is 0 Å². The maximum Gasteiger partial charge on any atom is 0.284 e. The molecule has 0 radical (unpaired) electrons. The van der Waals surface area contributed by atoms with E-state index in [1.807, 2.05) is 24.3 Å². The van der Waals surface area contributed by atoms with E-state index < -0.39 is 5.91 Å². The van der Waals surface area contributed by atoms with E-state index in [-0.39, 0.29) is 11.0 Å². The van der Waals surface area contributed by atoms with Crippen LogP contribution in [0.25, 0.3) is 10.1 Å². The fourth-order valence-corrected chi connectivity index (χ4v) is 3.46. The van der Waals surface area contributed by atoms with E-state index in [2.05, 4.69) is 10.6 Å². The summed E-state index contributed by atoms with van der Waals surface area (Å²) in [6.45, 7) is 0.432. The van der Waals surface area contributed by atoms with E-state index >= 15 is 0 Å². The highest BCUT2D eigenvalue weighted by Crippen LogP contribution is 2.26. The summed E-state index contributed by atoms with van der Waals surface area (Å²) in [4.78, 5) is 24.0. The number of hydrogen-bond donors (Lipinski definition) is 4. The van der Waals surface area contributed by atoms with Crippen LogP contribution >= 0.6 is 23.6 Å². The molecule has 0 aliphatic heterocycles. The van der Waals surface area contributed by atoms with Crippen molar-refractivity contribution in [2.75, 3.05) is 0 Å². The third-order valence-corrected chi connectivity index (χ3v) is 4.98. The molecule has 0 atom stereocenters. The van der Waals surface area contributed by atoms with Crippen LogP contribution in [-0.2, 0) is 6.54 Å². The molecule has 8 heteroatoms. The van der Waals surface area contributed by atoms with Gasteiger partial charge in [-0.2, -0.15) is 0 Å². The van der Waals surface area contributed by atoms with Gasteiger partial charge in [-0.25, -0.2) is 5.48 Å². The molecule has 0 fully saturated rings. The SMILES string of the molecule is O=C(NC(=S)NCc1ccc2sc(C(=O)NO)cc2c1)c1ccccc1. The molecule has 0 unspecified atom stereocenters. The third kappa shape index (κ3) is 4.23. The Morgan fingerprint density at radius 3 is 2.54 bits per heavy atom. The first kappa shape index (κ1) is 18.0. The Labute approximate surface area is 158 Å². The summed E-state index contributed by atoms with van der Waals surface area (Å²) in [5.74, 6) is -0.799. The Kier molecular flexibility index (Phi) is 5.57. The summed E-state index contributed by atoms with van der Waals surface area (Å²) < 4.78 is 0.937. The van der Waals surface area contributed by atoms with E-state index in [1.165, 1.54) is 11.3 Å². The lowest BCUT2D eigenvalue weighted by atomic mass is 10.1. The van der Waals surface area contributed by atoms with Crippen LogP contribution in [0.3, 0.4) is 0 Å². The molecular weight excluding hydrogens is 370 g/mol. The van der Waals surface area contributed by atoms with Crippen LogP contribution in [0, 0.1) is 0 Å². The molecule has 0 aliphatic rings. The largest absolute Gasteiger partial charge is 0.358 e. The molecule has 0 aliphatic carbocycles. The van der Waals surface area contributed by atoms with Crippen molar-refractivity contribution >= 4 is 50.6 Å². The van der Waals surface area contributed by atoms with Crippen LogP contribution in [0.4, 0.5) is 0 Å². The average Bonchev–Trinajstić information content (AvgIpc) is 3.09. The molecule has 0 saturated carbocycles. The van der Waals surface area contributed by atoms with Gasteiger partial charge in [0.05, 0.1) is 4.88 Å². The Morgan fingerprint density at radius 2 is 1.81 bits per heavy atom. The smallest absolute Gasteiger partial charge is 0.284 e. The second kappa shape index (κ2) is 8.05. The van der Waals surface area contributed by atoms with Crippen LogP contribution in [0.5, 0.6) is 0 Å². The fourth-order valence-electron chi connectivity index (χ4n) is 2.36. The van der Waals surface area contributed by atoms with Crippen molar-refractivity contribution in [1.29, 1.82) is 0 Å². The van der Waals surface area contributed by atoms with Gasteiger partial charge >= 0.3 is 0 Å². The quantitative estimate of drug-likeness (QED) is 0.315. The molecule has 1 aromatic heterocycles. The summed E-state index contributed by atoms with van der Waals surface area (Å²) in [5.41, 5.74) is 3.11. The summed E-state index contributed by atoms with van der Waals surface area (Å²) in [5, 5.41) is 15.5. The van der Waals surface area contributed by atoms with Crippen molar-refractivity contribution in [3.63, 3.8) is 0 Å². The number of fused-ring (bicyclic) bond motifs is 1. The topological polar surface area (TPSA) is 90.5 Å². The van der Waals surface area contributed by atoms with Crippen molar-refractivity contribution in [3.05, 3.63) is 70.6 Å². The zero-order chi connectivity index (χ0) is 18.5. The van der Waals surface area contributed by atoms with Crippen molar-refractivity contribution in [2.24, 2.45) is 0 Å². The maximum absolute atomic E-state index is 12.0. The van der Waals surface area contributed by atoms with Gasteiger partial charge in [-0.3, -0.25) is 20.1 Å². The monoisotopic (exact) mass is 385 g/mol. The van der Waals surface area contributed by atoms with E-state index in [4.69, 9.17) is 17.4 Å². The van der Waals surface area contributed by atoms with Crippen LogP contribution in [0.1, 0.15) is 25.6 Å². The molecular formula is C18H15N3O3S2. The van der Waals surface area contributed by atoms with Gasteiger partial charge in [0.15, 0.2) is 5.11 Å². The predicted molar refractivity (Wildman–Crippen MR) is 104 cm³/mol. The highest BCUT2D eigenvalue weighted by Gasteiger charge is 2.10. The highest BCUT2D eigenvalue weighted by atomic mass is 32.1. The first-order chi connectivity index (χ1) is 12.6. The molecule has 26 heavy (non-hydrogen) atoms. The number of carbonyl (C=O) groups excluding carboxylic acids is 2. The van der Waals surface area contributed by atoms with Gasteiger partial charge < -0.3 is 5.32 Å². The first-order valence-electron chi connectivity index (χ1n) is 7.68. The molecule has 6 nitrogen and oxygen atoms in total. The number of hydroxylamine groups is 1. The van der Waals surface area contributed by atoms with Crippen LogP contribution < -0.4 is 16.1 Å². The molecule has 3 aromatic rings.